The molecule has 2 heterocycles. The molecule has 0 saturated heterocycles. The van der Waals surface area contributed by atoms with E-state index in [1.807, 2.05) is 13.8 Å². The van der Waals surface area contributed by atoms with Crippen molar-refractivity contribution in [3.05, 3.63) is 32.7 Å². The number of rotatable bonds is 0. The molecule has 0 saturated carbocycles. The van der Waals surface area contributed by atoms with Gasteiger partial charge in [-0.15, -0.1) is 0 Å². The molecule has 2 aromatic heterocycles. The molecule has 4 nitrogen and oxygen atoms in total. The minimum absolute atomic E-state index is 0. The van der Waals surface area contributed by atoms with Crippen molar-refractivity contribution in [2.75, 3.05) is 0 Å². The number of halogens is 2. The molecule has 0 aliphatic carbocycles. The molecule has 0 aliphatic rings. The van der Waals surface area contributed by atoms with Gasteiger partial charge in [0.1, 0.15) is 0 Å². The second kappa shape index (κ2) is 9.69. The number of hydrogen-bond donors (Lipinski definition) is 0. The van der Waals surface area contributed by atoms with Crippen molar-refractivity contribution < 1.29 is 19.5 Å². The molecule has 0 radical (unpaired) electrons. The average molecular weight is 538 g/mol. The smallest absolute Gasteiger partial charge is 0.409 e. The molecule has 2 rings (SSSR count). The van der Waals surface area contributed by atoms with Crippen molar-refractivity contribution >= 4 is 90.2 Å². The summed E-state index contributed by atoms with van der Waals surface area (Å²) in [5, 5.41) is 8.07. The molecule has 0 unspecified atom stereocenters. The molecule has 0 bridgehead atoms. The van der Waals surface area contributed by atoms with Crippen LogP contribution in [-0.2, 0) is 44.7 Å². The fourth-order valence-electron chi connectivity index (χ4n) is 1.07. The van der Waals surface area contributed by atoms with Crippen molar-refractivity contribution in [3.8, 4) is 0 Å². The van der Waals surface area contributed by atoms with E-state index in [2.05, 4.69) is 42.1 Å². The molecular formula is C10H8Br2N4S4Zn. The number of thiocarbonyl (C=S) groups is 2. The van der Waals surface area contributed by atoms with Crippen molar-refractivity contribution in [2.24, 2.45) is 0 Å². The summed E-state index contributed by atoms with van der Waals surface area (Å²) in [4.78, 5) is 0. The van der Waals surface area contributed by atoms with Gasteiger partial charge in [-0.1, -0.05) is 0 Å². The zero-order valence-electron chi connectivity index (χ0n) is 11.0. The van der Waals surface area contributed by atoms with Crippen molar-refractivity contribution in [1.29, 1.82) is 0 Å². The molecule has 0 aliphatic heterocycles. The molecule has 0 amide bonds. The predicted molar refractivity (Wildman–Crippen MR) is 100 cm³/mol. The second-order valence-corrected chi connectivity index (χ2v) is 7.32. The maximum Gasteiger partial charge on any atom is 2.00 e. The standard InChI is InChI=1S/2C5H5BrN2S2.Zn/c2*1-3-4(6)2-8(7-3)5(9)10;/h2*2H,1H3,(H,9,10);/q;;+2/p-2. The fourth-order valence-corrected chi connectivity index (χ4v) is 1.99. The van der Waals surface area contributed by atoms with E-state index in [1.54, 1.807) is 12.4 Å². The Morgan fingerprint density at radius 3 is 1.33 bits per heavy atom. The molecule has 0 fully saturated rings. The summed E-state index contributed by atoms with van der Waals surface area (Å²) in [5.41, 5.74) is 1.79. The summed E-state index contributed by atoms with van der Waals surface area (Å²) in [6.45, 7) is 3.77. The van der Waals surface area contributed by atoms with E-state index >= 15 is 0 Å². The molecule has 0 spiro atoms. The summed E-state index contributed by atoms with van der Waals surface area (Å²) in [5.74, 6) is 0. The van der Waals surface area contributed by atoms with Crippen LogP contribution >= 0.6 is 56.3 Å². The maximum atomic E-state index is 4.73. The van der Waals surface area contributed by atoms with Gasteiger partial charge in [0.25, 0.3) is 0 Å². The van der Waals surface area contributed by atoms with Crippen molar-refractivity contribution in [3.63, 3.8) is 0 Å². The van der Waals surface area contributed by atoms with Crippen molar-refractivity contribution in [1.82, 2.24) is 19.6 Å². The Hall–Kier alpha value is 0.623. The van der Waals surface area contributed by atoms with Gasteiger partial charge >= 0.3 is 19.5 Å². The number of aryl methyl sites for hydroxylation is 2. The Kier molecular flexibility index (Phi) is 9.98. The number of hydrogen-bond acceptors (Lipinski definition) is 6. The zero-order chi connectivity index (χ0) is 15.4. The molecule has 0 aromatic carbocycles. The van der Waals surface area contributed by atoms with Gasteiger partial charge in [0.05, 0.1) is 20.3 Å². The summed E-state index contributed by atoms with van der Waals surface area (Å²) in [6.07, 6.45) is 3.51. The monoisotopic (exact) mass is 534 g/mol. The van der Waals surface area contributed by atoms with E-state index in [0.29, 0.717) is 8.64 Å². The zero-order valence-corrected chi connectivity index (χ0v) is 20.4. The van der Waals surface area contributed by atoms with E-state index in [-0.39, 0.29) is 19.5 Å². The molecule has 0 atom stereocenters. The van der Waals surface area contributed by atoms with Gasteiger partial charge in [-0.2, -0.15) is 10.2 Å². The molecule has 108 valence electrons. The maximum absolute atomic E-state index is 4.73. The second-order valence-electron chi connectivity index (χ2n) is 3.55. The van der Waals surface area contributed by atoms with Crippen LogP contribution in [0.25, 0.3) is 0 Å². The fraction of sp³-hybridized carbons (Fsp3) is 0.200. The third kappa shape index (κ3) is 6.72. The summed E-state index contributed by atoms with van der Waals surface area (Å²) in [7, 11) is 0. The van der Waals surface area contributed by atoms with Crippen LogP contribution in [0.5, 0.6) is 0 Å². The van der Waals surface area contributed by atoms with Crippen LogP contribution in [0.4, 0.5) is 0 Å². The van der Waals surface area contributed by atoms with Crippen LogP contribution in [0, 0.1) is 13.8 Å². The van der Waals surface area contributed by atoms with Gasteiger partial charge < -0.3 is 49.7 Å². The first kappa shape index (κ1) is 21.6. The summed E-state index contributed by atoms with van der Waals surface area (Å²) < 4.78 is 5.52. The van der Waals surface area contributed by atoms with E-state index < -0.39 is 0 Å². The Balaban J connectivity index is 0.000000364. The van der Waals surface area contributed by atoms with Crippen LogP contribution < -0.4 is 0 Å². The predicted octanol–water partition coefficient (Wildman–Crippen LogP) is 3.27. The van der Waals surface area contributed by atoms with Gasteiger partial charge in [0.15, 0.2) is 0 Å². The first-order valence-corrected chi connectivity index (χ1v) is 8.30. The van der Waals surface area contributed by atoms with Crippen LogP contribution in [-0.4, -0.2) is 28.2 Å². The van der Waals surface area contributed by atoms with E-state index in [1.165, 1.54) is 9.36 Å². The molecule has 21 heavy (non-hydrogen) atoms. The molecule has 11 heteroatoms. The van der Waals surface area contributed by atoms with E-state index in [9.17, 15) is 0 Å². The third-order valence-electron chi connectivity index (χ3n) is 2.05. The van der Waals surface area contributed by atoms with Crippen LogP contribution in [0.1, 0.15) is 11.4 Å². The third-order valence-corrected chi connectivity index (χ3v) is 4.36. The van der Waals surface area contributed by atoms with Gasteiger partial charge in [-0.05, 0) is 54.3 Å². The topological polar surface area (TPSA) is 35.6 Å². The SMILES string of the molecule is Cc1nn(C(=S)[S-])cc1Br.Cc1nn(C(=S)[S-])cc1Br.[Zn+2]. The Morgan fingerprint density at radius 1 is 0.952 bits per heavy atom. The quantitative estimate of drug-likeness (QED) is 0.292. The summed E-state index contributed by atoms with van der Waals surface area (Å²) in [6, 6.07) is 0. The van der Waals surface area contributed by atoms with Crippen LogP contribution in [0.2, 0.25) is 0 Å². The van der Waals surface area contributed by atoms with Gasteiger partial charge in [-0.3, -0.25) is 9.36 Å². The minimum Gasteiger partial charge on any atom is -0.409 e. The summed E-state index contributed by atoms with van der Waals surface area (Å²) >= 11 is 25.5. The van der Waals surface area contributed by atoms with E-state index in [0.717, 1.165) is 20.3 Å². The Morgan fingerprint density at radius 2 is 1.24 bits per heavy atom. The van der Waals surface area contributed by atoms with Crippen molar-refractivity contribution in [2.45, 2.75) is 13.8 Å². The average Bonchev–Trinajstić information content (AvgIpc) is 2.85. The van der Waals surface area contributed by atoms with Gasteiger partial charge in [0.2, 0.25) is 0 Å². The number of aromatic nitrogens is 4. The molecule has 2 aromatic rings. The Labute approximate surface area is 174 Å². The Bertz CT molecular complexity index is 560. The van der Waals surface area contributed by atoms with Gasteiger partial charge in [-0.25, -0.2) is 0 Å². The van der Waals surface area contributed by atoms with Crippen LogP contribution in [0.3, 0.4) is 0 Å². The first-order chi connectivity index (χ1) is 9.22. The van der Waals surface area contributed by atoms with E-state index in [4.69, 9.17) is 49.7 Å². The molecule has 0 N–H and O–H groups in total. The van der Waals surface area contributed by atoms with Gasteiger partial charge in [0, 0.05) is 12.4 Å². The minimum atomic E-state index is 0. The van der Waals surface area contributed by atoms with Crippen LogP contribution in [0.15, 0.2) is 21.3 Å². The normalized spacial score (nSPS) is 9.33. The first-order valence-electron chi connectivity index (χ1n) is 5.08. The largest absolute Gasteiger partial charge is 2.00 e. The number of nitrogens with zero attached hydrogens (tertiary/aromatic N) is 4. The molecular weight excluding hydrogens is 530 g/mol.